The summed E-state index contributed by atoms with van der Waals surface area (Å²) in [6.07, 6.45) is 1.80. The highest BCUT2D eigenvalue weighted by Crippen LogP contribution is 2.33. The predicted octanol–water partition coefficient (Wildman–Crippen LogP) is 1.38. The highest BCUT2D eigenvalue weighted by Gasteiger charge is 2.25. The third-order valence-corrected chi connectivity index (χ3v) is 4.49. The maximum absolute atomic E-state index is 12.1. The number of rotatable bonds is 8. The quantitative estimate of drug-likeness (QED) is 0.770. The minimum absolute atomic E-state index is 0.0314. The molecule has 1 amide bonds. The zero-order valence-corrected chi connectivity index (χ0v) is 14.9. The molecular formula is C15H24N2O5S. The number of methoxy groups -OCH3 is 2. The highest BCUT2D eigenvalue weighted by molar-refractivity contribution is 7.92. The number of amides is 1. The average molecular weight is 344 g/mol. The lowest BCUT2D eigenvalue weighted by molar-refractivity contribution is -0.120. The fraction of sp³-hybridized carbons (Fsp3) is 0.533. The molecule has 0 radical (unpaired) electrons. The van der Waals surface area contributed by atoms with Crippen LogP contribution in [0.25, 0.3) is 0 Å². The summed E-state index contributed by atoms with van der Waals surface area (Å²) in [6, 6.07) is 4.74. The van der Waals surface area contributed by atoms with Crippen molar-refractivity contribution in [1.29, 1.82) is 0 Å². The number of sulfonamides is 1. The summed E-state index contributed by atoms with van der Waals surface area (Å²) >= 11 is 0. The van der Waals surface area contributed by atoms with Crippen LogP contribution in [0.5, 0.6) is 11.5 Å². The first-order valence-corrected chi connectivity index (χ1v) is 9.06. The van der Waals surface area contributed by atoms with Crippen molar-refractivity contribution in [1.82, 2.24) is 5.32 Å². The largest absolute Gasteiger partial charge is 0.497 e. The molecule has 1 aromatic rings. The number of nitrogens with zero attached hydrogens (tertiary/aromatic N) is 1. The van der Waals surface area contributed by atoms with Crippen LogP contribution in [0.2, 0.25) is 0 Å². The SMILES string of the molecule is CCC(C)NC(=O)CN(c1cc(OC)ccc1OC)S(C)(=O)=O. The van der Waals surface area contributed by atoms with E-state index in [0.29, 0.717) is 11.5 Å². The number of nitrogens with one attached hydrogen (secondary N) is 1. The summed E-state index contributed by atoms with van der Waals surface area (Å²) in [4.78, 5) is 12.1. The van der Waals surface area contributed by atoms with E-state index in [9.17, 15) is 13.2 Å². The van der Waals surface area contributed by atoms with Crippen molar-refractivity contribution in [3.8, 4) is 11.5 Å². The number of hydrogen-bond donors (Lipinski definition) is 1. The molecule has 0 bridgehead atoms. The molecule has 1 unspecified atom stereocenters. The summed E-state index contributed by atoms with van der Waals surface area (Å²) in [5.41, 5.74) is 0.258. The highest BCUT2D eigenvalue weighted by atomic mass is 32.2. The lowest BCUT2D eigenvalue weighted by atomic mass is 10.2. The Hall–Kier alpha value is -1.96. The second-order valence-electron chi connectivity index (χ2n) is 5.18. The van der Waals surface area contributed by atoms with Crippen LogP contribution in [0, 0.1) is 0 Å². The summed E-state index contributed by atoms with van der Waals surface area (Å²) < 4.78 is 35.6. The normalized spacial score (nSPS) is 12.4. The van der Waals surface area contributed by atoms with Crippen LogP contribution < -0.4 is 19.1 Å². The van der Waals surface area contributed by atoms with Crippen LogP contribution >= 0.6 is 0 Å². The van der Waals surface area contributed by atoms with E-state index in [0.717, 1.165) is 17.0 Å². The van der Waals surface area contributed by atoms with Gasteiger partial charge in [0.2, 0.25) is 15.9 Å². The third kappa shape index (κ3) is 5.31. The van der Waals surface area contributed by atoms with Crippen LogP contribution in [0.3, 0.4) is 0 Å². The van der Waals surface area contributed by atoms with Crippen molar-refractivity contribution >= 4 is 21.6 Å². The Morgan fingerprint density at radius 3 is 2.43 bits per heavy atom. The fourth-order valence-corrected chi connectivity index (χ4v) is 2.78. The molecule has 0 aliphatic heterocycles. The molecule has 0 heterocycles. The second kappa shape index (κ2) is 8.05. The molecule has 1 aromatic carbocycles. The van der Waals surface area contributed by atoms with Gasteiger partial charge >= 0.3 is 0 Å². The van der Waals surface area contributed by atoms with E-state index in [4.69, 9.17) is 9.47 Å². The Labute approximate surface area is 137 Å². The zero-order chi connectivity index (χ0) is 17.6. The molecule has 23 heavy (non-hydrogen) atoms. The third-order valence-electron chi connectivity index (χ3n) is 3.36. The maximum Gasteiger partial charge on any atom is 0.240 e. The van der Waals surface area contributed by atoms with Gasteiger partial charge < -0.3 is 14.8 Å². The van der Waals surface area contributed by atoms with Gasteiger partial charge in [0.1, 0.15) is 18.0 Å². The number of hydrogen-bond acceptors (Lipinski definition) is 5. The van der Waals surface area contributed by atoms with Gasteiger partial charge in [-0.3, -0.25) is 9.10 Å². The van der Waals surface area contributed by atoms with Crippen molar-refractivity contribution in [3.05, 3.63) is 18.2 Å². The summed E-state index contributed by atoms with van der Waals surface area (Å²) in [7, 11) is -0.762. The fourth-order valence-electron chi connectivity index (χ4n) is 1.93. The Morgan fingerprint density at radius 1 is 1.30 bits per heavy atom. The molecule has 0 saturated heterocycles. The molecule has 1 N–H and O–H groups in total. The molecule has 0 aliphatic carbocycles. The van der Waals surface area contributed by atoms with E-state index in [-0.39, 0.29) is 24.2 Å². The minimum atomic E-state index is -3.68. The van der Waals surface area contributed by atoms with Gasteiger partial charge in [-0.15, -0.1) is 0 Å². The average Bonchev–Trinajstić information content (AvgIpc) is 2.50. The van der Waals surface area contributed by atoms with E-state index in [2.05, 4.69) is 5.32 Å². The first-order valence-electron chi connectivity index (χ1n) is 7.22. The summed E-state index contributed by atoms with van der Waals surface area (Å²) in [5.74, 6) is 0.430. The molecule has 1 atom stereocenters. The van der Waals surface area contributed by atoms with Crippen LogP contribution in [0.1, 0.15) is 20.3 Å². The van der Waals surface area contributed by atoms with E-state index in [1.807, 2.05) is 13.8 Å². The Bertz CT molecular complexity index is 645. The van der Waals surface area contributed by atoms with Crippen molar-refractivity contribution in [3.63, 3.8) is 0 Å². The Balaban J connectivity index is 3.20. The standard InChI is InChI=1S/C15H24N2O5S/c1-6-11(2)16-15(18)10-17(23(5,19)20)13-9-12(21-3)7-8-14(13)22-4/h7-9,11H,6,10H2,1-5H3,(H,16,18). The van der Waals surface area contributed by atoms with Crippen LogP contribution in [-0.4, -0.2) is 47.4 Å². The van der Waals surface area contributed by atoms with E-state index >= 15 is 0 Å². The van der Waals surface area contributed by atoms with Gasteiger partial charge in [0.25, 0.3) is 0 Å². The van der Waals surface area contributed by atoms with Gasteiger partial charge in [0.05, 0.1) is 26.2 Å². The van der Waals surface area contributed by atoms with Crippen LogP contribution in [-0.2, 0) is 14.8 Å². The van der Waals surface area contributed by atoms with Crippen LogP contribution in [0.4, 0.5) is 5.69 Å². The van der Waals surface area contributed by atoms with Crippen molar-refractivity contribution in [2.24, 2.45) is 0 Å². The number of ether oxygens (including phenoxy) is 2. The Morgan fingerprint density at radius 2 is 1.96 bits per heavy atom. The molecule has 130 valence electrons. The lowest BCUT2D eigenvalue weighted by Crippen LogP contribution is -2.43. The minimum Gasteiger partial charge on any atom is -0.497 e. The zero-order valence-electron chi connectivity index (χ0n) is 14.1. The monoisotopic (exact) mass is 344 g/mol. The first kappa shape index (κ1) is 19.1. The first-order chi connectivity index (χ1) is 10.7. The number of benzene rings is 1. The van der Waals surface area contributed by atoms with E-state index < -0.39 is 10.0 Å². The van der Waals surface area contributed by atoms with Gasteiger partial charge in [-0.1, -0.05) is 6.92 Å². The van der Waals surface area contributed by atoms with Gasteiger partial charge in [0.15, 0.2) is 0 Å². The molecule has 0 spiro atoms. The molecule has 1 rings (SSSR count). The van der Waals surface area contributed by atoms with Crippen LogP contribution in [0.15, 0.2) is 18.2 Å². The van der Waals surface area contributed by atoms with Crippen molar-refractivity contribution < 1.29 is 22.7 Å². The molecule has 0 aliphatic rings. The van der Waals surface area contributed by atoms with E-state index in [1.54, 1.807) is 12.1 Å². The molecule has 0 aromatic heterocycles. The van der Waals surface area contributed by atoms with Gasteiger partial charge in [0, 0.05) is 12.1 Å². The number of carbonyl (C=O) groups is 1. The topological polar surface area (TPSA) is 84.9 Å². The number of anilines is 1. The Kier molecular flexibility index (Phi) is 6.68. The molecule has 8 heteroatoms. The predicted molar refractivity (Wildman–Crippen MR) is 89.6 cm³/mol. The summed E-state index contributed by atoms with van der Waals surface area (Å²) in [6.45, 7) is 3.46. The molecular weight excluding hydrogens is 320 g/mol. The van der Waals surface area contributed by atoms with Crippen molar-refractivity contribution in [2.45, 2.75) is 26.3 Å². The molecule has 0 fully saturated rings. The lowest BCUT2D eigenvalue weighted by Gasteiger charge is -2.25. The van der Waals surface area contributed by atoms with Gasteiger partial charge in [-0.2, -0.15) is 0 Å². The smallest absolute Gasteiger partial charge is 0.240 e. The maximum atomic E-state index is 12.1. The van der Waals surface area contributed by atoms with E-state index in [1.165, 1.54) is 20.3 Å². The molecule has 0 saturated carbocycles. The summed E-state index contributed by atoms with van der Waals surface area (Å²) in [5, 5.41) is 2.75. The van der Waals surface area contributed by atoms with Gasteiger partial charge in [-0.25, -0.2) is 8.42 Å². The van der Waals surface area contributed by atoms with Gasteiger partial charge in [-0.05, 0) is 25.5 Å². The van der Waals surface area contributed by atoms with Crippen molar-refractivity contribution in [2.75, 3.05) is 31.3 Å². The molecule has 7 nitrogen and oxygen atoms in total. The second-order valence-corrected chi connectivity index (χ2v) is 7.09. The number of carbonyl (C=O) groups excluding carboxylic acids is 1.